The summed E-state index contributed by atoms with van der Waals surface area (Å²) in [5.74, 6) is -0.324. The predicted octanol–water partition coefficient (Wildman–Crippen LogP) is 1.04. The molecule has 0 aromatic carbocycles. The quantitative estimate of drug-likeness (QED) is 0.794. The van der Waals surface area contributed by atoms with Crippen LogP contribution in [-0.4, -0.2) is 42.7 Å². The average molecular weight is 253 g/mol. The van der Waals surface area contributed by atoms with Crippen molar-refractivity contribution in [3.05, 3.63) is 12.0 Å². The lowest BCUT2D eigenvalue weighted by Gasteiger charge is -2.25. The Balaban J connectivity index is 2.03. The molecule has 18 heavy (non-hydrogen) atoms. The first-order valence-electron chi connectivity index (χ1n) is 6.10. The summed E-state index contributed by atoms with van der Waals surface area (Å²) >= 11 is 0. The molecule has 1 saturated heterocycles. The lowest BCUT2D eigenvalue weighted by Crippen LogP contribution is -2.43. The molecule has 2 rings (SSSR count). The van der Waals surface area contributed by atoms with Crippen molar-refractivity contribution in [2.24, 2.45) is 0 Å². The lowest BCUT2D eigenvalue weighted by atomic mass is 10.2. The van der Waals surface area contributed by atoms with Crippen molar-refractivity contribution in [1.29, 1.82) is 0 Å². The normalized spacial score (nSPS) is 16.7. The van der Waals surface area contributed by atoms with Crippen molar-refractivity contribution in [1.82, 2.24) is 10.3 Å². The van der Waals surface area contributed by atoms with Crippen LogP contribution in [0.15, 0.2) is 10.6 Å². The molecule has 0 unspecified atom stereocenters. The maximum absolute atomic E-state index is 11.8. The molecule has 0 spiro atoms. The van der Waals surface area contributed by atoms with Crippen LogP contribution in [0.1, 0.15) is 31.3 Å². The summed E-state index contributed by atoms with van der Waals surface area (Å²) in [4.78, 5) is 17.9. The number of carbonyl (C=O) groups excluding carboxylic acids is 1. The number of esters is 1. The summed E-state index contributed by atoms with van der Waals surface area (Å²) in [5.41, 5.74) is -0.529. The number of hydrogen-bond acceptors (Lipinski definition) is 6. The number of anilines is 1. The number of carbonyl (C=O) groups is 1. The minimum absolute atomic E-state index is 0.151. The minimum atomic E-state index is -0.529. The largest absolute Gasteiger partial charge is 0.454 e. The number of nitrogens with one attached hydrogen (secondary N) is 1. The van der Waals surface area contributed by atoms with E-state index in [2.05, 4.69) is 10.3 Å². The summed E-state index contributed by atoms with van der Waals surface area (Å²) in [6.07, 6.45) is 1.42. The third kappa shape index (κ3) is 3.22. The molecule has 6 heteroatoms. The van der Waals surface area contributed by atoms with Crippen LogP contribution in [0.4, 0.5) is 6.01 Å². The smallest absolute Gasteiger partial charge is 0.376 e. The maximum atomic E-state index is 11.8. The van der Waals surface area contributed by atoms with Gasteiger partial charge in [0.05, 0.1) is 6.20 Å². The van der Waals surface area contributed by atoms with E-state index < -0.39 is 11.6 Å². The van der Waals surface area contributed by atoms with Crippen LogP contribution >= 0.6 is 0 Å². The van der Waals surface area contributed by atoms with E-state index in [4.69, 9.17) is 9.15 Å². The number of oxazole rings is 1. The molecule has 0 saturated carbocycles. The van der Waals surface area contributed by atoms with Gasteiger partial charge in [0, 0.05) is 26.2 Å². The number of piperazine rings is 1. The van der Waals surface area contributed by atoms with Crippen molar-refractivity contribution in [3.63, 3.8) is 0 Å². The molecular formula is C12H19N3O3. The van der Waals surface area contributed by atoms with Gasteiger partial charge < -0.3 is 19.4 Å². The van der Waals surface area contributed by atoms with E-state index in [9.17, 15) is 4.79 Å². The van der Waals surface area contributed by atoms with Crippen LogP contribution in [0.3, 0.4) is 0 Å². The highest BCUT2D eigenvalue weighted by atomic mass is 16.6. The SMILES string of the molecule is CC(C)(C)OC(=O)c1cnc(N2CCNCC2)o1. The molecule has 1 aliphatic rings. The van der Waals surface area contributed by atoms with Gasteiger partial charge in [-0.15, -0.1) is 0 Å². The van der Waals surface area contributed by atoms with E-state index >= 15 is 0 Å². The molecule has 1 aromatic rings. The van der Waals surface area contributed by atoms with E-state index in [1.165, 1.54) is 6.20 Å². The van der Waals surface area contributed by atoms with E-state index in [1.54, 1.807) is 0 Å². The molecule has 0 amide bonds. The Bertz CT molecular complexity index is 416. The fraction of sp³-hybridized carbons (Fsp3) is 0.667. The Morgan fingerprint density at radius 2 is 2.11 bits per heavy atom. The Morgan fingerprint density at radius 3 is 2.72 bits per heavy atom. The molecule has 0 atom stereocenters. The number of rotatable bonds is 2. The zero-order valence-electron chi connectivity index (χ0n) is 11.0. The number of ether oxygens (including phenoxy) is 1. The van der Waals surface area contributed by atoms with Crippen LogP contribution in [0, 0.1) is 0 Å². The molecule has 0 bridgehead atoms. The molecule has 1 aromatic heterocycles. The summed E-state index contributed by atoms with van der Waals surface area (Å²) in [7, 11) is 0. The van der Waals surface area contributed by atoms with Gasteiger partial charge in [0.2, 0.25) is 5.76 Å². The van der Waals surface area contributed by atoms with E-state index in [0.717, 1.165) is 26.2 Å². The van der Waals surface area contributed by atoms with Crippen LogP contribution in [-0.2, 0) is 4.74 Å². The van der Waals surface area contributed by atoms with Gasteiger partial charge in [-0.05, 0) is 20.8 Å². The van der Waals surface area contributed by atoms with Crippen LogP contribution < -0.4 is 10.2 Å². The van der Waals surface area contributed by atoms with Gasteiger partial charge in [0.1, 0.15) is 5.60 Å². The zero-order chi connectivity index (χ0) is 13.2. The third-order valence-electron chi connectivity index (χ3n) is 2.48. The third-order valence-corrected chi connectivity index (χ3v) is 2.48. The van der Waals surface area contributed by atoms with Crippen molar-refractivity contribution < 1.29 is 13.9 Å². The second kappa shape index (κ2) is 4.97. The van der Waals surface area contributed by atoms with Crippen molar-refractivity contribution >= 4 is 12.0 Å². The minimum Gasteiger partial charge on any atom is -0.454 e. The first kappa shape index (κ1) is 12.9. The molecule has 2 heterocycles. The van der Waals surface area contributed by atoms with Crippen molar-refractivity contribution in [2.75, 3.05) is 31.1 Å². The van der Waals surface area contributed by atoms with Crippen molar-refractivity contribution in [3.8, 4) is 0 Å². The number of hydrogen-bond donors (Lipinski definition) is 1. The molecule has 1 fully saturated rings. The monoisotopic (exact) mass is 253 g/mol. The maximum Gasteiger partial charge on any atom is 0.376 e. The standard InChI is InChI=1S/C12H19N3O3/c1-12(2,3)18-10(16)9-8-14-11(17-9)15-6-4-13-5-7-15/h8,13H,4-7H2,1-3H3. The summed E-state index contributed by atoms with van der Waals surface area (Å²) in [5, 5.41) is 3.24. The van der Waals surface area contributed by atoms with Gasteiger partial charge in [-0.3, -0.25) is 0 Å². The molecular weight excluding hydrogens is 234 g/mol. The van der Waals surface area contributed by atoms with Gasteiger partial charge in [0.15, 0.2) is 0 Å². The summed E-state index contributed by atoms with van der Waals surface area (Å²) in [6, 6.07) is 0.484. The zero-order valence-corrected chi connectivity index (χ0v) is 11.0. The Morgan fingerprint density at radius 1 is 1.44 bits per heavy atom. The van der Waals surface area contributed by atoms with Gasteiger partial charge in [-0.1, -0.05) is 0 Å². The molecule has 0 radical (unpaired) electrons. The Kier molecular flexibility index (Phi) is 3.56. The topological polar surface area (TPSA) is 67.6 Å². The lowest BCUT2D eigenvalue weighted by molar-refractivity contribution is 0.00366. The van der Waals surface area contributed by atoms with Crippen LogP contribution in [0.5, 0.6) is 0 Å². The van der Waals surface area contributed by atoms with Gasteiger partial charge in [-0.25, -0.2) is 9.78 Å². The predicted molar refractivity (Wildman–Crippen MR) is 66.8 cm³/mol. The molecule has 1 N–H and O–H groups in total. The van der Waals surface area contributed by atoms with Crippen molar-refractivity contribution in [2.45, 2.75) is 26.4 Å². The Labute approximate surface area is 106 Å². The van der Waals surface area contributed by atoms with Crippen LogP contribution in [0.2, 0.25) is 0 Å². The fourth-order valence-electron chi connectivity index (χ4n) is 1.69. The van der Waals surface area contributed by atoms with Gasteiger partial charge in [0.25, 0.3) is 6.01 Å². The molecule has 100 valence electrons. The van der Waals surface area contributed by atoms with E-state index in [-0.39, 0.29) is 5.76 Å². The van der Waals surface area contributed by atoms with E-state index in [0.29, 0.717) is 6.01 Å². The number of nitrogens with zero attached hydrogens (tertiary/aromatic N) is 2. The highest BCUT2D eigenvalue weighted by Crippen LogP contribution is 2.18. The molecule has 1 aliphatic heterocycles. The van der Waals surface area contributed by atoms with Gasteiger partial charge in [-0.2, -0.15) is 0 Å². The van der Waals surface area contributed by atoms with Crippen LogP contribution in [0.25, 0.3) is 0 Å². The van der Waals surface area contributed by atoms with E-state index in [1.807, 2.05) is 25.7 Å². The second-order valence-electron chi connectivity index (χ2n) is 5.25. The first-order chi connectivity index (χ1) is 8.46. The second-order valence-corrected chi connectivity index (χ2v) is 5.25. The number of aromatic nitrogens is 1. The first-order valence-corrected chi connectivity index (χ1v) is 6.10. The average Bonchev–Trinajstić information content (AvgIpc) is 2.77. The fourth-order valence-corrected chi connectivity index (χ4v) is 1.69. The summed E-state index contributed by atoms with van der Waals surface area (Å²) in [6.45, 7) is 8.90. The summed E-state index contributed by atoms with van der Waals surface area (Å²) < 4.78 is 10.7. The highest BCUT2D eigenvalue weighted by Gasteiger charge is 2.23. The molecule has 0 aliphatic carbocycles. The highest BCUT2D eigenvalue weighted by molar-refractivity contribution is 5.86. The molecule has 6 nitrogen and oxygen atoms in total. The Hall–Kier alpha value is -1.56. The van der Waals surface area contributed by atoms with Gasteiger partial charge >= 0.3 is 5.97 Å².